The molecule has 1 aromatic rings. The summed E-state index contributed by atoms with van der Waals surface area (Å²) in [5.74, 6) is -1.58. The molecule has 0 aliphatic heterocycles. The fourth-order valence-corrected chi connectivity index (χ4v) is 3.29. The summed E-state index contributed by atoms with van der Waals surface area (Å²) in [6, 6.07) is 4.64. The summed E-state index contributed by atoms with van der Waals surface area (Å²) in [5.41, 5.74) is 3.86. The Balaban J connectivity index is 3.20. The molecule has 40 heavy (non-hydrogen) atoms. The molecule has 0 amide bonds. The van der Waals surface area contributed by atoms with Gasteiger partial charge in [0.15, 0.2) is 11.5 Å². The van der Waals surface area contributed by atoms with E-state index in [-0.39, 0.29) is 37.6 Å². The summed E-state index contributed by atoms with van der Waals surface area (Å²) in [4.78, 5) is 50.2. The van der Waals surface area contributed by atoms with Crippen LogP contribution in [-0.2, 0) is 35.0 Å². The van der Waals surface area contributed by atoms with Crippen molar-refractivity contribution in [2.45, 2.75) is 99.0 Å². The second kappa shape index (κ2) is 15.6. The lowest BCUT2D eigenvalue weighted by Crippen LogP contribution is -2.51. The standard InChI is InChI=1S/C30H47NO9/c1-9-12-13-17-37-27(35)38-18-16-30(31,26(34)36-8)20-21-14-15-22(39-24(32)28(4,5)10-2)23(19-21)40-25(33)29(6,7)11-3/h14-15,19H,9-13,16-18,20,31H2,1-8H3/t30-/m1/s1. The summed E-state index contributed by atoms with van der Waals surface area (Å²) in [6.45, 7) is 12.9. The number of hydrogen-bond acceptors (Lipinski definition) is 10. The third-order valence-corrected chi connectivity index (χ3v) is 7.13. The molecule has 0 saturated heterocycles. The maximum absolute atomic E-state index is 12.9. The summed E-state index contributed by atoms with van der Waals surface area (Å²) in [6.07, 6.45) is 2.81. The molecule has 0 spiro atoms. The third-order valence-electron chi connectivity index (χ3n) is 7.13. The van der Waals surface area contributed by atoms with Crippen LogP contribution in [0.25, 0.3) is 0 Å². The van der Waals surface area contributed by atoms with Gasteiger partial charge in [-0.1, -0.05) is 39.7 Å². The molecule has 1 rings (SSSR count). The van der Waals surface area contributed by atoms with Crippen LogP contribution >= 0.6 is 0 Å². The minimum Gasteiger partial charge on any atom is -0.468 e. The number of carbonyl (C=O) groups is 4. The largest absolute Gasteiger partial charge is 0.508 e. The van der Waals surface area contributed by atoms with E-state index in [2.05, 4.69) is 0 Å². The lowest BCUT2D eigenvalue weighted by Gasteiger charge is -2.27. The number of rotatable bonds is 16. The zero-order valence-corrected chi connectivity index (χ0v) is 25.3. The van der Waals surface area contributed by atoms with Crippen molar-refractivity contribution < 1.29 is 42.9 Å². The monoisotopic (exact) mass is 565 g/mol. The van der Waals surface area contributed by atoms with Gasteiger partial charge in [0.05, 0.1) is 31.2 Å². The number of carbonyl (C=O) groups excluding carboxylic acids is 4. The maximum atomic E-state index is 12.9. The molecule has 1 aromatic carbocycles. The van der Waals surface area contributed by atoms with Crippen LogP contribution in [0.1, 0.15) is 92.6 Å². The molecule has 0 aliphatic rings. The second-order valence-corrected chi connectivity index (χ2v) is 11.3. The molecule has 0 aromatic heterocycles. The van der Waals surface area contributed by atoms with Gasteiger partial charge in [0.25, 0.3) is 0 Å². The highest BCUT2D eigenvalue weighted by atomic mass is 16.7. The average molecular weight is 566 g/mol. The first-order chi connectivity index (χ1) is 18.7. The molecule has 1 atom stereocenters. The fourth-order valence-electron chi connectivity index (χ4n) is 3.29. The molecule has 2 N–H and O–H groups in total. The van der Waals surface area contributed by atoms with Gasteiger partial charge in [0.2, 0.25) is 0 Å². The van der Waals surface area contributed by atoms with Crippen LogP contribution in [0.4, 0.5) is 4.79 Å². The summed E-state index contributed by atoms with van der Waals surface area (Å²) in [7, 11) is 1.21. The predicted octanol–water partition coefficient (Wildman–Crippen LogP) is 5.52. The van der Waals surface area contributed by atoms with E-state index in [1.165, 1.54) is 19.2 Å². The van der Waals surface area contributed by atoms with Crippen LogP contribution in [0.2, 0.25) is 0 Å². The Labute approximate surface area is 238 Å². The maximum Gasteiger partial charge on any atom is 0.508 e. The van der Waals surface area contributed by atoms with Gasteiger partial charge in [-0.25, -0.2) is 4.79 Å². The number of hydrogen-bond donors (Lipinski definition) is 1. The Morgan fingerprint density at radius 2 is 1.32 bits per heavy atom. The van der Waals surface area contributed by atoms with E-state index < -0.39 is 40.4 Å². The van der Waals surface area contributed by atoms with E-state index in [4.69, 9.17) is 29.4 Å². The van der Waals surface area contributed by atoms with Crippen molar-refractivity contribution in [1.29, 1.82) is 0 Å². The lowest BCUT2D eigenvalue weighted by atomic mass is 9.88. The van der Waals surface area contributed by atoms with Crippen LogP contribution in [0.3, 0.4) is 0 Å². The number of esters is 3. The minimum absolute atomic E-state index is 0.0309. The normalized spacial score (nSPS) is 13.1. The Bertz CT molecular complexity index is 1020. The molecule has 0 unspecified atom stereocenters. The molecule has 226 valence electrons. The highest BCUT2D eigenvalue weighted by Crippen LogP contribution is 2.35. The molecule has 0 fully saturated rings. The van der Waals surface area contributed by atoms with Crippen LogP contribution in [0.5, 0.6) is 11.5 Å². The highest BCUT2D eigenvalue weighted by Gasteiger charge is 2.37. The van der Waals surface area contributed by atoms with Crippen LogP contribution in [0, 0.1) is 10.8 Å². The van der Waals surface area contributed by atoms with E-state index in [1.807, 2.05) is 20.8 Å². The van der Waals surface area contributed by atoms with Crippen molar-refractivity contribution in [3.05, 3.63) is 23.8 Å². The molecule has 0 radical (unpaired) electrons. The molecule has 10 nitrogen and oxygen atoms in total. The van der Waals surface area contributed by atoms with E-state index >= 15 is 0 Å². The lowest BCUT2D eigenvalue weighted by molar-refractivity contribution is -0.148. The molecule has 0 saturated carbocycles. The predicted molar refractivity (Wildman–Crippen MR) is 150 cm³/mol. The van der Waals surface area contributed by atoms with Gasteiger partial charge in [0, 0.05) is 12.8 Å². The van der Waals surface area contributed by atoms with Crippen molar-refractivity contribution in [2.24, 2.45) is 16.6 Å². The summed E-state index contributed by atoms with van der Waals surface area (Å²) >= 11 is 0. The van der Waals surface area contributed by atoms with Crippen LogP contribution < -0.4 is 15.2 Å². The van der Waals surface area contributed by atoms with Crippen LogP contribution in [-0.4, -0.2) is 49.9 Å². The van der Waals surface area contributed by atoms with Gasteiger partial charge in [0.1, 0.15) is 5.54 Å². The zero-order valence-electron chi connectivity index (χ0n) is 25.3. The quantitative estimate of drug-likeness (QED) is 0.155. The Hall–Kier alpha value is -3.14. The Morgan fingerprint density at radius 3 is 1.85 bits per heavy atom. The number of benzene rings is 1. The minimum atomic E-state index is -1.57. The van der Waals surface area contributed by atoms with E-state index in [1.54, 1.807) is 33.8 Å². The molecular weight excluding hydrogens is 518 g/mol. The van der Waals surface area contributed by atoms with E-state index in [0.29, 0.717) is 18.4 Å². The van der Waals surface area contributed by atoms with Crippen molar-refractivity contribution in [2.75, 3.05) is 20.3 Å². The third kappa shape index (κ3) is 10.4. The van der Waals surface area contributed by atoms with Crippen LogP contribution in [0.15, 0.2) is 18.2 Å². The number of unbranched alkanes of at least 4 members (excludes halogenated alkanes) is 2. The van der Waals surface area contributed by atoms with Gasteiger partial charge in [-0.15, -0.1) is 0 Å². The summed E-state index contributed by atoms with van der Waals surface area (Å²) in [5, 5.41) is 0. The van der Waals surface area contributed by atoms with Gasteiger partial charge >= 0.3 is 24.1 Å². The Morgan fingerprint density at radius 1 is 0.775 bits per heavy atom. The number of ether oxygens (including phenoxy) is 5. The van der Waals surface area contributed by atoms with Crippen molar-refractivity contribution in [1.82, 2.24) is 0 Å². The second-order valence-electron chi connectivity index (χ2n) is 11.3. The van der Waals surface area contributed by atoms with Gasteiger partial charge in [-0.2, -0.15) is 0 Å². The molecular formula is C30H47NO9. The first-order valence-electron chi connectivity index (χ1n) is 13.9. The number of nitrogens with two attached hydrogens (primary N) is 1. The molecule has 0 heterocycles. The highest BCUT2D eigenvalue weighted by molar-refractivity contribution is 5.82. The van der Waals surface area contributed by atoms with Gasteiger partial charge in [-0.3, -0.25) is 14.4 Å². The molecule has 0 aliphatic carbocycles. The SMILES string of the molecule is CCCCCOC(=O)OCC[C@@](N)(Cc1ccc(OC(=O)C(C)(C)CC)c(OC(=O)C(C)(C)CC)c1)C(=O)OC. The average Bonchev–Trinajstić information content (AvgIpc) is 2.91. The Kier molecular flexibility index (Phi) is 13.6. The van der Waals surface area contributed by atoms with Crippen molar-refractivity contribution in [3.8, 4) is 11.5 Å². The topological polar surface area (TPSA) is 140 Å². The molecule has 10 heteroatoms. The van der Waals surface area contributed by atoms with Gasteiger partial charge < -0.3 is 29.4 Å². The van der Waals surface area contributed by atoms with E-state index in [9.17, 15) is 19.2 Å². The first kappa shape index (κ1) is 34.9. The van der Waals surface area contributed by atoms with Crippen molar-refractivity contribution in [3.63, 3.8) is 0 Å². The fraction of sp³-hybridized carbons (Fsp3) is 0.667. The van der Waals surface area contributed by atoms with Crippen molar-refractivity contribution >= 4 is 24.1 Å². The smallest absolute Gasteiger partial charge is 0.468 e. The summed E-state index contributed by atoms with van der Waals surface area (Å²) < 4.78 is 26.4. The zero-order chi connectivity index (χ0) is 30.6. The van der Waals surface area contributed by atoms with Gasteiger partial charge in [-0.05, 0) is 64.7 Å². The molecule has 0 bridgehead atoms. The van der Waals surface area contributed by atoms with E-state index in [0.717, 1.165) is 19.3 Å². The first-order valence-corrected chi connectivity index (χ1v) is 13.9. The number of methoxy groups -OCH3 is 1.